The van der Waals surface area contributed by atoms with Crippen LogP contribution in [0.2, 0.25) is 0 Å². The van der Waals surface area contributed by atoms with Gasteiger partial charge in [-0.15, -0.1) is 0 Å². The number of aromatic nitrogens is 3. The van der Waals surface area contributed by atoms with Gasteiger partial charge in [0.05, 0.1) is 17.3 Å². The average Bonchev–Trinajstić information content (AvgIpc) is 3.22. The zero-order chi connectivity index (χ0) is 20.7. The molecule has 5 rings (SSSR count). The van der Waals surface area contributed by atoms with Gasteiger partial charge in [0, 0.05) is 56.9 Å². The fraction of sp³-hybridized carbons (Fsp3) is 0.364. The number of fused-ring (bicyclic) bond motifs is 1. The van der Waals surface area contributed by atoms with E-state index in [1.54, 1.807) is 19.4 Å². The highest BCUT2D eigenvalue weighted by molar-refractivity contribution is 5.80. The van der Waals surface area contributed by atoms with Crippen LogP contribution < -0.4 is 9.80 Å². The van der Waals surface area contributed by atoms with Gasteiger partial charge in [0.25, 0.3) is 0 Å². The molecule has 1 unspecified atom stereocenters. The van der Waals surface area contributed by atoms with E-state index in [2.05, 4.69) is 38.0 Å². The predicted octanol–water partition coefficient (Wildman–Crippen LogP) is 2.82. The fourth-order valence-electron chi connectivity index (χ4n) is 4.35. The Morgan fingerprint density at radius 2 is 1.87 bits per heavy atom. The fourth-order valence-corrected chi connectivity index (χ4v) is 4.35. The number of hydrogen-bond donors (Lipinski definition) is 1. The van der Waals surface area contributed by atoms with Gasteiger partial charge in [0.2, 0.25) is 0 Å². The highest BCUT2D eigenvalue weighted by Crippen LogP contribution is 2.35. The zero-order valence-electron chi connectivity index (χ0n) is 16.8. The van der Waals surface area contributed by atoms with Crippen LogP contribution in [0.15, 0.2) is 48.8 Å². The molecule has 8 nitrogen and oxygen atoms in total. The van der Waals surface area contributed by atoms with Gasteiger partial charge in [-0.3, -0.25) is 4.98 Å². The van der Waals surface area contributed by atoms with Gasteiger partial charge in [-0.1, -0.05) is 18.2 Å². The van der Waals surface area contributed by atoms with Crippen molar-refractivity contribution in [1.29, 1.82) is 0 Å². The average molecular weight is 404 g/mol. The van der Waals surface area contributed by atoms with Gasteiger partial charge < -0.3 is 19.8 Å². The zero-order valence-corrected chi connectivity index (χ0v) is 16.8. The number of anilines is 2. The smallest absolute Gasteiger partial charge is 0.407 e. The highest BCUT2D eigenvalue weighted by Gasteiger charge is 2.36. The third-order valence-electron chi connectivity index (χ3n) is 6.19. The first-order chi connectivity index (χ1) is 14.6. The Bertz CT molecular complexity index is 1080. The van der Waals surface area contributed by atoms with Gasteiger partial charge in [0.15, 0.2) is 5.82 Å². The molecule has 2 aromatic heterocycles. The van der Waals surface area contributed by atoms with Gasteiger partial charge in [-0.2, -0.15) is 0 Å². The lowest BCUT2D eigenvalue weighted by Crippen LogP contribution is -2.46. The van der Waals surface area contributed by atoms with E-state index in [0.717, 1.165) is 54.3 Å². The van der Waals surface area contributed by atoms with Crippen LogP contribution in [-0.2, 0) is 0 Å². The minimum absolute atomic E-state index is 0.0166. The van der Waals surface area contributed by atoms with Crippen LogP contribution in [0.1, 0.15) is 18.0 Å². The summed E-state index contributed by atoms with van der Waals surface area (Å²) in [7, 11) is 1.63. The molecule has 3 aromatic rings. The molecule has 2 fully saturated rings. The molecule has 1 amide bonds. The molecule has 2 aliphatic rings. The molecule has 0 spiro atoms. The maximum atomic E-state index is 11.3. The summed E-state index contributed by atoms with van der Waals surface area (Å²) in [5.41, 5.74) is 2.00. The number of carbonyl (C=O) groups is 1. The summed E-state index contributed by atoms with van der Waals surface area (Å²) in [4.78, 5) is 31.2. The predicted molar refractivity (Wildman–Crippen MR) is 115 cm³/mol. The van der Waals surface area contributed by atoms with Crippen molar-refractivity contribution in [1.82, 2.24) is 19.9 Å². The van der Waals surface area contributed by atoms with E-state index >= 15 is 0 Å². The molecule has 0 radical (unpaired) electrons. The lowest BCUT2D eigenvalue weighted by molar-refractivity contribution is 0.142. The lowest BCUT2D eigenvalue weighted by Gasteiger charge is -2.40. The van der Waals surface area contributed by atoms with Crippen molar-refractivity contribution in [2.24, 2.45) is 0 Å². The monoisotopic (exact) mass is 404 g/mol. The maximum Gasteiger partial charge on any atom is 0.407 e. The number of likely N-dealkylation sites (N-methyl/N-ethyl adjacent to an activating group) is 1. The number of rotatable bonds is 4. The highest BCUT2D eigenvalue weighted by atomic mass is 16.4. The summed E-state index contributed by atoms with van der Waals surface area (Å²) in [5.74, 6) is 2.16. The van der Waals surface area contributed by atoms with Gasteiger partial charge >= 0.3 is 6.09 Å². The van der Waals surface area contributed by atoms with E-state index in [-0.39, 0.29) is 6.04 Å². The third kappa shape index (κ3) is 3.28. The Labute approximate surface area is 174 Å². The van der Waals surface area contributed by atoms with Crippen LogP contribution in [0.25, 0.3) is 10.9 Å². The number of benzene rings is 1. The number of para-hydroxylation sites is 1. The van der Waals surface area contributed by atoms with Crippen molar-refractivity contribution < 1.29 is 9.90 Å². The molecule has 4 heterocycles. The summed E-state index contributed by atoms with van der Waals surface area (Å²) >= 11 is 0. The molecule has 8 heteroatoms. The van der Waals surface area contributed by atoms with E-state index in [0.29, 0.717) is 12.5 Å². The summed E-state index contributed by atoms with van der Waals surface area (Å²) in [6, 6.07) is 12.3. The second-order valence-corrected chi connectivity index (χ2v) is 8.01. The molecule has 154 valence electrons. The van der Waals surface area contributed by atoms with Crippen molar-refractivity contribution in [2.45, 2.75) is 18.4 Å². The van der Waals surface area contributed by atoms with Crippen LogP contribution in [0.3, 0.4) is 0 Å². The van der Waals surface area contributed by atoms with E-state index in [1.807, 2.05) is 18.2 Å². The van der Waals surface area contributed by atoms with Crippen molar-refractivity contribution in [3.8, 4) is 0 Å². The van der Waals surface area contributed by atoms with Crippen molar-refractivity contribution >= 4 is 28.6 Å². The largest absolute Gasteiger partial charge is 0.465 e. The van der Waals surface area contributed by atoms with Gasteiger partial charge in [-0.05, 0) is 24.6 Å². The number of pyridine rings is 1. The van der Waals surface area contributed by atoms with Crippen LogP contribution in [0.4, 0.5) is 16.4 Å². The quantitative estimate of drug-likeness (QED) is 0.716. The SMILES string of the molecule is CN(C(=O)O)C1CCN(c2nccnc2C2CN(c3ccc4ccccc4n3)C2)C1. The molecular formula is C22H24N6O2. The molecule has 1 atom stereocenters. The second kappa shape index (κ2) is 7.44. The second-order valence-electron chi connectivity index (χ2n) is 8.01. The van der Waals surface area contributed by atoms with E-state index in [4.69, 9.17) is 4.98 Å². The molecule has 2 aliphatic heterocycles. The normalized spacial score (nSPS) is 19.2. The lowest BCUT2D eigenvalue weighted by atomic mass is 9.95. The topological polar surface area (TPSA) is 85.7 Å². The minimum atomic E-state index is -0.890. The molecule has 0 aliphatic carbocycles. The number of amides is 1. The molecular weight excluding hydrogens is 380 g/mol. The van der Waals surface area contributed by atoms with Crippen LogP contribution >= 0.6 is 0 Å². The van der Waals surface area contributed by atoms with Gasteiger partial charge in [-0.25, -0.2) is 14.8 Å². The van der Waals surface area contributed by atoms with Crippen LogP contribution in [0, 0.1) is 0 Å². The van der Waals surface area contributed by atoms with Crippen LogP contribution in [0.5, 0.6) is 0 Å². The maximum absolute atomic E-state index is 11.3. The summed E-state index contributed by atoms with van der Waals surface area (Å²) in [5, 5.41) is 10.4. The third-order valence-corrected chi connectivity index (χ3v) is 6.19. The molecule has 2 saturated heterocycles. The number of carboxylic acid groups (broad SMARTS) is 1. The Kier molecular flexibility index (Phi) is 4.61. The van der Waals surface area contributed by atoms with E-state index in [9.17, 15) is 9.90 Å². The van der Waals surface area contributed by atoms with Crippen LogP contribution in [-0.4, -0.2) is 70.3 Å². The van der Waals surface area contributed by atoms with Crippen molar-refractivity contribution in [3.05, 3.63) is 54.5 Å². The molecule has 30 heavy (non-hydrogen) atoms. The van der Waals surface area contributed by atoms with E-state index < -0.39 is 6.09 Å². The summed E-state index contributed by atoms with van der Waals surface area (Å²) in [6.45, 7) is 3.14. The molecule has 1 N–H and O–H groups in total. The summed E-state index contributed by atoms with van der Waals surface area (Å²) in [6.07, 6.45) is 3.37. The van der Waals surface area contributed by atoms with E-state index in [1.165, 1.54) is 4.90 Å². The minimum Gasteiger partial charge on any atom is -0.465 e. The Hall–Kier alpha value is -3.42. The first-order valence-corrected chi connectivity index (χ1v) is 10.2. The van der Waals surface area contributed by atoms with Gasteiger partial charge in [0.1, 0.15) is 5.82 Å². The molecule has 0 bridgehead atoms. The molecule has 0 saturated carbocycles. The Morgan fingerprint density at radius 1 is 1.07 bits per heavy atom. The Morgan fingerprint density at radius 3 is 2.70 bits per heavy atom. The summed E-state index contributed by atoms with van der Waals surface area (Å²) < 4.78 is 0. The first-order valence-electron chi connectivity index (χ1n) is 10.2. The molecule has 1 aromatic carbocycles. The Balaban J connectivity index is 1.30. The standard InChI is InChI=1S/C22H24N6O2/c1-26(22(29)30)17-8-11-27(14-17)21-20(23-9-10-24-21)16-12-28(13-16)19-7-6-15-4-2-3-5-18(15)25-19/h2-7,9-10,16-17H,8,11-14H2,1H3,(H,29,30). The number of hydrogen-bond acceptors (Lipinski definition) is 6. The first kappa shape index (κ1) is 18.6. The van der Waals surface area contributed by atoms with Crippen molar-refractivity contribution in [2.75, 3.05) is 43.0 Å². The van der Waals surface area contributed by atoms with Crippen molar-refractivity contribution in [3.63, 3.8) is 0 Å². The number of nitrogens with zero attached hydrogens (tertiary/aromatic N) is 6.